The number of hydrogen-bond donors (Lipinski definition) is 3. The third-order valence-electron chi connectivity index (χ3n) is 3.06. The van der Waals surface area contributed by atoms with Gasteiger partial charge in [0.05, 0.1) is 4.90 Å². The van der Waals surface area contributed by atoms with Gasteiger partial charge in [-0.3, -0.25) is 4.55 Å². The van der Waals surface area contributed by atoms with Gasteiger partial charge < -0.3 is 16.0 Å². The summed E-state index contributed by atoms with van der Waals surface area (Å²) < 4.78 is 56.9. The number of nitrogens with one attached hydrogen (secondary N) is 1. The molecule has 12 nitrogen and oxygen atoms in total. The molecule has 1 heterocycles. The molecule has 0 fully saturated rings. The molecule has 2 rings (SSSR count). The van der Waals surface area contributed by atoms with Crippen LogP contribution >= 0.6 is 0 Å². The highest BCUT2D eigenvalue weighted by atomic mass is 32.2. The van der Waals surface area contributed by atoms with Crippen molar-refractivity contribution >= 4 is 38.3 Å². The van der Waals surface area contributed by atoms with Crippen molar-refractivity contribution in [3.63, 3.8) is 0 Å². The summed E-state index contributed by atoms with van der Waals surface area (Å²) in [7, 11) is -3.77. The molecule has 28 heavy (non-hydrogen) atoms. The first-order valence-electron chi connectivity index (χ1n) is 7.76. The van der Waals surface area contributed by atoms with Crippen molar-refractivity contribution in [2.24, 2.45) is 5.73 Å². The fourth-order valence-corrected chi connectivity index (χ4v) is 2.43. The lowest BCUT2D eigenvalue weighted by molar-refractivity contribution is 0.483. The molecule has 0 aliphatic carbocycles. The molecule has 0 saturated heterocycles. The highest BCUT2D eigenvalue weighted by Crippen LogP contribution is 2.19. The van der Waals surface area contributed by atoms with Crippen molar-refractivity contribution < 1.29 is 25.6 Å². The number of rotatable bonds is 7. The van der Waals surface area contributed by atoms with Crippen LogP contribution in [0.2, 0.25) is 0 Å². The Morgan fingerprint density at radius 2 is 1.82 bits per heavy atom. The van der Waals surface area contributed by atoms with Gasteiger partial charge in [-0.2, -0.15) is 23.4 Å². The monoisotopic (exact) mass is 432 g/mol. The number of benzene rings is 1. The SMILES string of the molecule is CN(C)c1nc(CCCN)nc(Nc2cccc(S(=O)(=O)O)c2)n1.O=S(=O)=O. The van der Waals surface area contributed by atoms with E-state index >= 15 is 0 Å². The van der Waals surface area contributed by atoms with E-state index in [2.05, 4.69) is 20.3 Å². The average molecular weight is 432 g/mol. The Balaban J connectivity index is 0.000000892. The summed E-state index contributed by atoms with van der Waals surface area (Å²) in [5, 5.41) is 2.93. The van der Waals surface area contributed by atoms with Crippen molar-refractivity contribution in [1.82, 2.24) is 15.0 Å². The predicted octanol–water partition coefficient (Wildman–Crippen LogP) is -0.185. The first-order chi connectivity index (χ1) is 13.0. The molecule has 0 unspecified atom stereocenters. The Morgan fingerprint density at radius 1 is 1.18 bits per heavy atom. The maximum absolute atomic E-state index is 11.2. The fraction of sp³-hybridized carbons (Fsp3) is 0.357. The lowest BCUT2D eigenvalue weighted by atomic mass is 10.3. The molecule has 14 heteroatoms. The molecule has 154 valence electrons. The molecule has 0 saturated carbocycles. The summed E-state index contributed by atoms with van der Waals surface area (Å²) in [6.07, 6.45) is 1.36. The van der Waals surface area contributed by atoms with Crippen LogP contribution < -0.4 is 16.0 Å². The van der Waals surface area contributed by atoms with Crippen LogP contribution in [0.25, 0.3) is 0 Å². The van der Waals surface area contributed by atoms with Gasteiger partial charge in [-0.1, -0.05) is 6.07 Å². The summed E-state index contributed by atoms with van der Waals surface area (Å²) in [5.74, 6) is 1.35. The lowest BCUT2D eigenvalue weighted by Crippen LogP contribution is -2.16. The largest absolute Gasteiger partial charge is 0.425 e. The van der Waals surface area contributed by atoms with Gasteiger partial charge in [-0.15, -0.1) is 12.6 Å². The topological polar surface area (TPSA) is 186 Å². The molecule has 0 spiro atoms. The van der Waals surface area contributed by atoms with Crippen molar-refractivity contribution in [2.45, 2.75) is 17.7 Å². The van der Waals surface area contributed by atoms with Crippen molar-refractivity contribution in [3.05, 3.63) is 30.1 Å². The zero-order valence-electron chi connectivity index (χ0n) is 15.1. The standard InChI is InChI=1S/C14H20N6O3S.O3S/c1-20(2)14-18-12(7-4-8-15)17-13(19-14)16-10-5-3-6-11(9-10)24(21,22)23;1-4(2)3/h3,5-6,9H,4,7-8,15H2,1-2H3,(H,21,22,23)(H,16,17,18,19);. The molecule has 0 amide bonds. The van der Waals surface area contributed by atoms with Crippen LogP contribution in [0.1, 0.15) is 12.2 Å². The number of anilines is 3. The third-order valence-corrected chi connectivity index (χ3v) is 3.91. The van der Waals surface area contributed by atoms with Gasteiger partial charge in [-0.05, 0) is 31.2 Å². The normalized spacial score (nSPS) is 10.6. The van der Waals surface area contributed by atoms with E-state index < -0.39 is 20.7 Å². The summed E-state index contributed by atoms with van der Waals surface area (Å²) in [4.78, 5) is 14.5. The smallest absolute Gasteiger partial charge is 0.347 e. The molecular weight excluding hydrogens is 412 g/mol. The van der Waals surface area contributed by atoms with E-state index in [0.29, 0.717) is 30.4 Å². The van der Waals surface area contributed by atoms with Crippen LogP contribution in [-0.2, 0) is 27.1 Å². The van der Waals surface area contributed by atoms with Crippen LogP contribution in [0.3, 0.4) is 0 Å². The number of aryl methyl sites for hydroxylation is 1. The Labute approximate surface area is 163 Å². The first kappa shape index (κ1) is 23.4. The Kier molecular flexibility index (Phi) is 8.84. The molecule has 0 atom stereocenters. The van der Waals surface area contributed by atoms with Crippen LogP contribution in [0.4, 0.5) is 17.6 Å². The van der Waals surface area contributed by atoms with E-state index in [0.717, 1.165) is 6.42 Å². The molecule has 0 aliphatic heterocycles. The van der Waals surface area contributed by atoms with Gasteiger partial charge in [0.15, 0.2) is 0 Å². The van der Waals surface area contributed by atoms with Gasteiger partial charge in [0.1, 0.15) is 5.82 Å². The number of nitrogens with zero attached hydrogens (tertiary/aromatic N) is 4. The highest BCUT2D eigenvalue weighted by molar-refractivity contribution is 7.85. The minimum Gasteiger partial charge on any atom is -0.347 e. The van der Waals surface area contributed by atoms with Crippen LogP contribution in [-0.4, -0.2) is 61.2 Å². The van der Waals surface area contributed by atoms with Crippen molar-refractivity contribution in [3.8, 4) is 0 Å². The van der Waals surface area contributed by atoms with E-state index in [9.17, 15) is 8.42 Å². The molecule has 0 bridgehead atoms. The predicted molar refractivity (Wildman–Crippen MR) is 101 cm³/mol. The second-order valence-electron chi connectivity index (χ2n) is 5.49. The number of hydrogen-bond acceptors (Lipinski definition) is 11. The quantitative estimate of drug-likeness (QED) is 0.490. The van der Waals surface area contributed by atoms with Gasteiger partial charge in [-0.25, -0.2) is 0 Å². The van der Waals surface area contributed by atoms with E-state index in [1.54, 1.807) is 11.0 Å². The van der Waals surface area contributed by atoms with E-state index in [1.807, 2.05) is 14.1 Å². The van der Waals surface area contributed by atoms with Gasteiger partial charge in [0.2, 0.25) is 11.9 Å². The third kappa shape index (κ3) is 8.34. The number of nitrogens with two attached hydrogens (primary N) is 1. The molecule has 2 aromatic rings. The Morgan fingerprint density at radius 3 is 2.36 bits per heavy atom. The Bertz CT molecular complexity index is 1000. The Hall–Kier alpha value is -2.68. The minimum atomic E-state index is -4.27. The van der Waals surface area contributed by atoms with E-state index in [4.69, 9.17) is 22.9 Å². The molecular formula is C14H20N6O6S2. The van der Waals surface area contributed by atoms with E-state index in [-0.39, 0.29) is 10.8 Å². The first-order valence-corrected chi connectivity index (χ1v) is 10.2. The van der Waals surface area contributed by atoms with Crippen LogP contribution in [0.15, 0.2) is 29.2 Å². The number of aromatic nitrogens is 3. The molecule has 0 radical (unpaired) electrons. The van der Waals surface area contributed by atoms with Gasteiger partial charge in [0, 0.05) is 26.2 Å². The molecule has 4 N–H and O–H groups in total. The second kappa shape index (κ2) is 10.6. The summed E-state index contributed by atoms with van der Waals surface area (Å²) in [5.41, 5.74) is 5.95. The second-order valence-corrected chi connectivity index (χ2v) is 7.32. The fourth-order valence-electron chi connectivity index (χ4n) is 1.90. The van der Waals surface area contributed by atoms with Crippen LogP contribution in [0.5, 0.6) is 0 Å². The summed E-state index contributed by atoms with van der Waals surface area (Å²) in [6, 6.07) is 5.75. The van der Waals surface area contributed by atoms with Crippen molar-refractivity contribution in [1.29, 1.82) is 0 Å². The molecule has 0 aliphatic rings. The summed E-state index contributed by atoms with van der Waals surface area (Å²) >= 11 is 0. The lowest BCUT2D eigenvalue weighted by Gasteiger charge is -2.13. The van der Waals surface area contributed by atoms with Crippen molar-refractivity contribution in [2.75, 3.05) is 30.9 Å². The summed E-state index contributed by atoms with van der Waals surface area (Å²) in [6.45, 7) is 0.530. The van der Waals surface area contributed by atoms with Gasteiger partial charge >= 0.3 is 10.6 Å². The van der Waals surface area contributed by atoms with Crippen LogP contribution in [0, 0.1) is 0 Å². The highest BCUT2D eigenvalue weighted by Gasteiger charge is 2.12. The molecule has 1 aromatic heterocycles. The van der Waals surface area contributed by atoms with E-state index in [1.165, 1.54) is 18.2 Å². The molecule has 1 aromatic carbocycles. The zero-order chi connectivity index (χ0) is 21.3. The maximum atomic E-state index is 11.2. The van der Waals surface area contributed by atoms with Gasteiger partial charge in [0.25, 0.3) is 10.1 Å². The average Bonchev–Trinajstić information content (AvgIpc) is 2.58. The zero-order valence-corrected chi connectivity index (χ0v) is 16.7. The maximum Gasteiger partial charge on any atom is 0.425 e. The minimum absolute atomic E-state index is 0.210.